The Bertz CT molecular complexity index is 532. The number of hydrogen-bond acceptors (Lipinski definition) is 3. The lowest BCUT2D eigenvalue weighted by atomic mass is 10.1. The van der Waals surface area contributed by atoms with Crippen molar-refractivity contribution >= 4 is 27.8 Å². The molecule has 0 bridgehead atoms. The van der Waals surface area contributed by atoms with E-state index in [1.165, 1.54) is 4.90 Å². The largest absolute Gasteiger partial charge is 0.497 e. The summed E-state index contributed by atoms with van der Waals surface area (Å²) in [6, 6.07) is 4.72. The van der Waals surface area contributed by atoms with Crippen LogP contribution < -0.4 is 4.74 Å². The number of ether oxygens (including phenoxy) is 1. The van der Waals surface area contributed by atoms with Crippen molar-refractivity contribution in [3.05, 3.63) is 28.2 Å². The molecule has 1 aliphatic heterocycles. The molecule has 0 radical (unpaired) electrons. The van der Waals surface area contributed by atoms with Crippen molar-refractivity contribution in [2.75, 3.05) is 13.7 Å². The number of methoxy groups -OCH3 is 1. The predicted molar refractivity (Wildman–Crippen MR) is 76.8 cm³/mol. The second-order valence-electron chi connectivity index (χ2n) is 4.72. The van der Waals surface area contributed by atoms with Gasteiger partial charge in [-0.15, -0.1) is 0 Å². The third-order valence-corrected chi connectivity index (χ3v) is 4.23. The van der Waals surface area contributed by atoms with Crippen LogP contribution in [0.15, 0.2) is 22.7 Å². The number of benzene rings is 1. The molecule has 108 valence electrons. The van der Waals surface area contributed by atoms with E-state index < -0.39 is 12.0 Å². The molecular weight excluding hydrogens is 326 g/mol. The van der Waals surface area contributed by atoms with Crippen LogP contribution in [0.1, 0.15) is 18.4 Å². The van der Waals surface area contributed by atoms with E-state index in [2.05, 4.69) is 15.9 Å². The molecule has 1 saturated heterocycles. The second kappa shape index (κ2) is 6.26. The number of nitrogens with zero attached hydrogens (tertiary/aromatic N) is 1. The highest BCUT2D eigenvalue weighted by molar-refractivity contribution is 9.10. The molecule has 0 aliphatic carbocycles. The van der Waals surface area contributed by atoms with Crippen LogP contribution in [0.4, 0.5) is 0 Å². The molecule has 1 fully saturated rings. The second-order valence-corrected chi connectivity index (χ2v) is 5.57. The van der Waals surface area contributed by atoms with E-state index in [9.17, 15) is 9.59 Å². The summed E-state index contributed by atoms with van der Waals surface area (Å²) in [6.45, 7) is 0.511. The third kappa shape index (κ3) is 3.12. The van der Waals surface area contributed by atoms with Crippen molar-refractivity contribution in [3.63, 3.8) is 0 Å². The Morgan fingerprint density at radius 1 is 1.50 bits per heavy atom. The fraction of sp³-hybridized carbons (Fsp3) is 0.429. The van der Waals surface area contributed by atoms with Crippen molar-refractivity contribution in [1.82, 2.24) is 4.90 Å². The van der Waals surface area contributed by atoms with Gasteiger partial charge < -0.3 is 14.7 Å². The van der Waals surface area contributed by atoms with Crippen LogP contribution in [0, 0.1) is 0 Å². The zero-order valence-corrected chi connectivity index (χ0v) is 12.7. The molecule has 1 heterocycles. The van der Waals surface area contributed by atoms with Crippen LogP contribution in [0.2, 0.25) is 0 Å². The summed E-state index contributed by atoms with van der Waals surface area (Å²) in [7, 11) is 1.57. The highest BCUT2D eigenvalue weighted by Crippen LogP contribution is 2.25. The summed E-state index contributed by atoms with van der Waals surface area (Å²) in [6.07, 6.45) is 1.43. The van der Waals surface area contributed by atoms with Gasteiger partial charge in [0.1, 0.15) is 11.8 Å². The van der Waals surface area contributed by atoms with E-state index >= 15 is 0 Å². The summed E-state index contributed by atoms with van der Waals surface area (Å²) < 4.78 is 5.95. The maximum atomic E-state index is 12.3. The first-order valence-corrected chi connectivity index (χ1v) is 7.17. The molecule has 0 aromatic heterocycles. The lowest BCUT2D eigenvalue weighted by molar-refractivity contribution is -0.148. The summed E-state index contributed by atoms with van der Waals surface area (Å²) in [5.41, 5.74) is 0.797. The van der Waals surface area contributed by atoms with Crippen molar-refractivity contribution in [2.45, 2.75) is 25.3 Å². The number of carbonyl (C=O) groups excluding carboxylic acids is 1. The van der Waals surface area contributed by atoms with Crippen molar-refractivity contribution in [2.24, 2.45) is 0 Å². The molecule has 6 heteroatoms. The highest BCUT2D eigenvalue weighted by atomic mass is 79.9. The standard InChI is InChI=1S/C14H16BrNO4/c1-20-10-4-5-11(15)9(7-10)8-13(17)16-6-2-3-12(16)14(18)19/h4-5,7,12H,2-3,6,8H2,1H3,(H,18,19)/t12-/m1/s1. The average molecular weight is 342 g/mol. The number of hydrogen-bond donors (Lipinski definition) is 1. The van der Waals surface area contributed by atoms with Crippen molar-refractivity contribution < 1.29 is 19.4 Å². The third-order valence-electron chi connectivity index (χ3n) is 3.45. The number of carboxylic acids is 1. The number of rotatable bonds is 4. The number of halogens is 1. The Hall–Kier alpha value is -1.56. The average Bonchev–Trinajstić information content (AvgIpc) is 2.90. The maximum absolute atomic E-state index is 12.3. The summed E-state index contributed by atoms with van der Waals surface area (Å²) in [5.74, 6) is -0.420. The van der Waals surface area contributed by atoms with E-state index in [0.717, 1.165) is 16.5 Å². The van der Waals surface area contributed by atoms with Gasteiger partial charge in [0, 0.05) is 11.0 Å². The van der Waals surface area contributed by atoms with Gasteiger partial charge in [0.25, 0.3) is 0 Å². The van der Waals surface area contributed by atoms with Crippen LogP contribution in [0.3, 0.4) is 0 Å². The minimum atomic E-state index is -0.930. The fourth-order valence-electron chi connectivity index (χ4n) is 2.40. The lowest BCUT2D eigenvalue weighted by Gasteiger charge is -2.21. The Morgan fingerprint density at radius 2 is 2.25 bits per heavy atom. The number of aliphatic carboxylic acids is 1. The Morgan fingerprint density at radius 3 is 2.90 bits per heavy atom. The van der Waals surface area contributed by atoms with Gasteiger partial charge in [-0.3, -0.25) is 4.79 Å². The first-order valence-electron chi connectivity index (χ1n) is 6.37. The van der Waals surface area contributed by atoms with Crippen LogP contribution in [-0.4, -0.2) is 41.6 Å². The normalized spacial score (nSPS) is 18.1. The van der Waals surface area contributed by atoms with Gasteiger partial charge in [0.05, 0.1) is 13.5 Å². The number of carbonyl (C=O) groups is 2. The number of amides is 1. The highest BCUT2D eigenvalue weighted by Gasteiger charge is 2.33. The van der Waals surface area contributed by atoms with Gasteiger partial charge in [-0.1, -0.05) is 15.9 Å². The van der Waals surface area contributed by atoms with Crippen LogP contribution in [0.25, 0.3) is 0 Å². The topological polar surface area (TPSA) is 66.8 Å². The number of carboxylic acid groups (broad SMARTS) is 1. The zero-order chi connectivity index (χ0) is 14.7. The van der Waals surface area contributed by atoms with Gasteiger partial charge >= 0.3 is 5.97 Å². The smallest absolute Gasteiger partial charge is 0.326 e. The molecule has 1 aliphatic rings. The molecule has 20 heavy (non-hydrogen) atoms. The first-order chi connectivity index (χ1) is 9.52. The van der Waals surface area contributed by atoms with E-state index in [0.29, 0.717) is 18.7 Å². The molecule has 5 nitrogen and oxygen atoms in total. The fourth-order valence-corrected chi connectivity index (χ4v) is 2.79. The van der Waals surface area contributed by atoms with Crippen molar-refractivity contribution in [3.8, 4) is 5.75 Å². The zero-order valence-electron chi connectivity index (χ0n) is 11.1. The van der Waals surface area contributed by atoms with Gasteiger partial charge in [-0.25, -0.2) is 4.79 Å². The van der Waals surface area contributed by atoms with Crippen molar-refractivity contribution in [1.29, 1.82) is 0 Å². The Labute approximate surface area is 125 Å². The van der Waals surface area contributed by atoms with Gasteiger partial charge in [0.15, 0.2) is 0 Å². The maximum Gasteiger partial charge on any atom is 0.326 e. The molecule has 0 spiro atoms. The lowest BCUT2D eigenvalue weighted by Crippen LogP contribution is -2.41. The molecule has 1 aromatic carbocycles. The predicted octanol–water partition coefficient (Wildman–Crippen LogP) is 2.08. The van der Waals surface area contributed by atoms with E-state index in [4.69, 9.17) is 9.84 Å². The number of likely N-dealkylation sites (tertiary alicyclic amines) is 1. The van der Waals surface area contributed by atoms with Crippen LogP contribution in [-0.2, 0) is 16.0 Å². The van der Waals surface area contributed by atoms with Gasteiger partial charge in [-0.05, 0) is 36.6 Å². The SMILES string of the molecule is COc1ccc(Br)c(CC(=O)N2CCC[C@@H]2C(=O)O)c1. The Kier molecular flexibility index (Phi) is 4.65. The Balaban J connectivity index is 2.13. The summed E-state index contributed by atoms with van der Waals surface area (Å²) in [5, 5.41) is 9.11. The minimum Gasteiger partial charge on any atom is -0.497 e. The molecule has 1 amide bonds. The van der Waals surface area contributed by atoms with E-state index in [1.807, 2.05) is 6.07 Å². The minimum absolute atomic E-state index is 0.163. The molecule has 0 saturated carbocycles. The summed E-state index contributed by atoms with van der Waals surface area (Å²) in [4.78, 5) is 24.8. The molecular formula is C14H16BrNO4. The quantitative estimate of drug-likeness (QED) is 0.910. The monoisotopic (exact) mass is 341 g/mol. The molecule has 1 aromatic rings. The van der Waals surface area contributed by atoms with Crippen LogP contribution in [0.5, 0.6) is 5.75 Å². The molecule has 2 rings (SSSR count). The summed E-state index contributed by atoms with van der Waals surface area (Å²) >= 11 is 3.40. The molecule has 1 N–H and O–H groups in total. The first kappa shape index (κ1) is 14.8. The van der Waals surface area contributed by atoms with E-state index in [1.54, 1.807) is 19.2 Å². The van der Waals surface area contributed by atoms with Crippen LogP contribution >= 0.6 is 15.9 Å². The van der Waals surface area contributed by atoms with E-state index in [-0.39, 0.29) is 12.3 Å². The van der Waals surface area contributed by atoms with Gasteiger partial charge in [-0.2, -0.15) is 0 Å². The molecule has 0 unspecified atom stereocenters. The molecule has 1 atom stereocenters. The van der Waals surface area contributed by atoms with Gasteiger partial charge in [0.2, 0.25) is 5.91 Å².